The Morgan fingerprint density at radius 2 is 2.64 bits per heavy atom. The maximum atomic E-state index is 5.38. The minimum Gasteiger partial charge on any atom is -0.330 e. The van der Waals surface area contributed by atoms with E-state index in [1.807, 2.05) is 23.5 Å². The van der Waals surface area contributed by atoms with Gasteiger partial charge < -0.3 is 5.73 Å². The average Bonchev–Trinajstić information content (AvgIpc) is 2.37. The SMILES string of the molecule is CC1CSC(SCCCN)=N1. The Labute approximate surface area is 76.4 Å². The van der Waals surface area contributed by atoms with Crippen LogP contribution in [0.3, 0.4) is 0 Å². The molecule has 1 unspecified atom stereocenters. The van der Waals surface area contributed by atoms with Gasteiger partial charge in [-0.1, -0.05) is 23.5 Å². The number of aliphatic imine (C=N–C) groups is 1. The van der Waals surface area contributed by atoms with E-state index in [0.29, 0.717) is 6.04 Å². The third kappa shape index (κ3) is 3.49. The Morgan fingerprint density at radius 1 is 1.82 bits per heavy atom. The Balaban J connectivity index is 2.12. The van der Waals surface area contributed by atoms with Gasteiger partial charge in [0.15, 0.2) is 0 Å². The molecule has 1 rings (SSSR count). The van der Waals surface area contributed by atoms with Gasteiger partial charge in [-0.15, -0.1) is 0 Å². The van der Waals surface area contributed by atoms with Crippen LogP contribution >= 0.6 is 23.5 Å². The van der Waals surface area contributed by atoms with Crippen LogP contribution in [-0.4, -0.2) is 28.5 Å². The Hall–Kier alpha value is 0.330. The van der Waals surface area contributed by atoms with Crippen LogP contribution in [0.25, 0.3) is 0 Å². The molecule has 0 fully saturated rings. The summed E-state index contributed by atoms with van der Waals surface area (Å²) in [6.45, 7) is 2.95. The van der Waals surface area contributed by atoms with Crippen molar-refractivity contribution in [2.45, 2.75) is 19.4 Å². The molecule has 0 radical (unpaired) electrons. The highest BCUT2D eigenvalue weighted by atomic mass is 32.2. The van der Waals surface area contributed by atoms with E-state index in [1.54, 1.807) is 0 Å². The van der Waals surface area contributed by atoms with Crippen LogP contribution in [0.1, 0.15) is 13.3 Å². The molecule has 0 saturated carbocycles. The minimum atomic E-state index is 0.528. The van der Waals surface area contributed by atoms with Gasteiger partial charge in [0, 0.05) is 11.5 Å². The Morgan fingerprint density at radius 3 is 3.18 bits per heavy atom. The molecule has 1 aliphatic rings. The van der Waals surface area contributed by atoms with Crippen LogP contribution in [0.5, 0.6) is 0 Å². The zero-order valence-electron chi connectivity index (χ0n) is 6.75. The number of rotatable bonds is 3. The molecular weight excluding hydrogens is 176 g/mol. The fourth-order valence-corrected chi connectivity index (χ4v) is 3.01. The van der Waals surface area contributed by atoms with Crippen molar-refractivity contribution in [1.29, 1.82) is 0 Å². The van der Waals surface area contributed by atoms with Gasteiger partial charge in [-0.2, -0.15) is 0 Å². The second-order valence-electron chi connectivity index (χ2n) is 2.55. The summed E-state index contributed by atoms with van der Waals surface area (Å²) in [6, 6.07) is 0.528. The van der Waals surface area contributed by atoms with Crippen LogP contribution < -0.4 is 5.73 Å². The van der Waals surface area contributed by atoms with E-state index in [0.717, 1.165) is 24.5 Å². The summed E-state index contributed by atoms with van der Waals surface area (Å²) < 4.78 is 1.26. The first-order chi connectivity index (χ1) is 5.33. The highest BCUT2D eigenvalue weighted by Crippen LogP contribution is 2.25. The van der Waals surface area contributed by atoms with E-state index < -0.39 is 0 Å². The van der Waals surface area contributed by atoms with Crippen molar-refractivity contribution in [3.63, 3.8) is 0 Å². The van der Waals surface area contributed by atoms with Crippen LogP contribution in [0.2, 0.25) is 0 Å². The molecule has 0 spiro atoms. The van der Waals surface area contributed by atoms with Gasteiger partial charge in [-0.05, 0) is 19.9 Å². The van der Waals surface area contributed by atoms with E-state index in [4.69, 9.17) is 5.73 Å². The average molecular weight is 190 g/mol. The summed E-state index contributed by atoms with van der Waals surface area (Å²) in [5.74, 6) is 2.28. The first kappa shape index (κ1) is 9.42. The lowest BCUT2D eigenvalue weighted by Gasteiger charge is -1.96. The van der Waals surface area contributed by atoms with Crippen molar-refractivity contribution in [2.75, 3.05) is 18.1 Å². The molecular formula is C7H14N2S2. The first-order valence-electron chi connectivity index (χ1n) is 3.86. The number of hydrogen-bond acceptors (Lipinski definition) is 4. The molecule has 2 N–H and O–H groups in total. The topological polar surface area (TPSA) is 38.4 Å². The monoisotopic (exact) mass is 190 g/mol. The van der Waals surface area contributed by atoms with E-state index in [-0.39, 0.29) is 0 Å². The van der Waals surface area contributed by atoms with Gasteiger partial charge in [0.1, 0.15) is 4.38 Å². The summed E-state index contributed by atoms with van der Waals surface area (Å²) in [6.07, 6.45) is 1.10. The smallest absolute Gasteiger partial charge is 0.124 e. The molecule has 0 bridgehead atoms. The molecule has 0 aromatic heterocycles. The number of thioether (sulfide) groups is 2. The van der Waals surface area contributed by atoms with Crippen molar-refractivity contribution < 1.29 is 0 Å². The minimum absolute atomic E-state index is 0.528. The molecule has 64 valence electrons. The second-order valence-corrected chi connectivity index (χ2v) is 4.90. The third-order valence-electron chi connectivity index (χ3n) is 1.35. The predicted octanol–water partition coefficient (Wildman–Crippen LogP) is 1.56. The van der Waals surface area contributed by atoms with Gasteiger partial charge in [-0.25, -0.2) is 0 Å². The highest BCUT2D eigenvalue weighted by Gasteiger charge is 2.13. The molecule has 11 heavy (non-hydrogen) atoms. The summed E-state index contributed by atoms with van der Waals surface area (Å²) in [4.78, 5) is 4.46. The highest BCUT2D eigenvalue weighted by molar-refractivity contribution is 8.39. The Kier molecular flexibility index (Phi) is 4.33. The van der Waals surface area contributed by atoms with E-state index in [1.165, 1.54) is 4.38 Å². The summed E-state index contributed by atoms with van der Waals surface area (Å²) in [7, 11) is 0. The molecule has 1 atom stereocenters. The molecule has 2 nitrogen and oxygen atoms in total. The van der Waals surface area contributed by atoms with E-state index in [2.05, 4.69) is 11.9 Å². The first-order valence-corrected chi connectivity index (χ1v) is 5.83. The lowest BCUT2D eigenvalue weighted by atomic mass is 10.4. The zero-order valence-corrected chi connectivity index (χ0v) is 8.38. The fourth-order valence-electron chi connectivity index (χ4n) is 0.768. The van der Waals surface area contributed by atoms with Gasteiger partial charge in [0.25, 0.3) is 0 Å². The van der Waals surface area contributed by atoms with Crippen molar-refractivity contribution in [2.24, 2.45) is 10.7 Å². The molecule has 1 heterocycles. The Bertz CT molecular complexity index is 147. The lowest BCUT2D eigenvalue weighted by molar-refractivity contribution is 0.867. The van der Waals surface area contributed by atoms with E-state index >= 15 is 0 Å². The van der Waals surface area contributed by atoms with Gasteiger partial charge in [0.05, 0.1) is 6.04 Å². The van der Waals surface area contributed by atoms with Crippen LogP contribution in [-0.2, 0) is 0 Å². The van der Waals surface area contributed by atoms with Crippen LogP contribution in [0.4, 0.5) is 0 Å². The molecule has 0 amide bonds. The quantitative estimate of drug-likeness (QED) is 0.686. The molecule has 0 aliphatic carbocycles. The molecule has 0 aromatic rings. The lowest BCUT2D eigenvalue weighted by Crippen LogP contribution is -2.00. The maximum Gasteiger partial charge on any atom is 0.124 e. The van der Waals surface area contributed by atoms with Crippen molar-refractivity contribution >= 4 is 27.9 Å². The van der Waals surface area contributed by atoms with E-state index in [9.17, 15) is 0 Å². The maximum absolute atomic E-state index is 5.38. The normalized spacial score (nSPS) is 23.8. The van der Waals surface area contributed by atoms with Gasteiger partial charge >= 0.3 is 0 Å². The standard InChI is InChI=1S/C7H14N2S2/c1-6-5-11-7(9-6)10-4-2-3-8/h6H,2-5,8H2,1H3. The second kappa shape index (κ2) is 5.06. The molecule has 0 saturated heterocycles. The molecule has 1 aliphatic heterocycles. The fraction of sp³-hybridized carbons (Fsp3) is 0.857. The molecule has 4 heteroatoms. The van der Waals surface area contributed by atoms with Crippen molar-refractivity contribution in [3.8, 4) is 0 Å². The summed E-state index contributed by atoms with van der Waals surface area (Å²) in [5, 5.41) is 0. The van der Waals surface area contributed by atoms with Crippen molar-refractivity contribution in [3.05, 3.63) is 0 Å². The van der Waals surface area contributed by atoms with Crippen molar-refractivity contribution in [1.82, 2.24) is 0 Å². The third-order valence-corrected chi connectivity index (χ3v) is 3.90. The summed E-state index contributed by atoms with van der Waals surface area (Å²) in [5.41, 5.74) is 5.38. The number of nitrogens with two attached hydrogens (primary N) is 1. The number of nitrogens with zero attached hydrogens (tertiary/aromatic N) is 1. The zero-order chi connectivity index (χ0) is 8.10. The number of hydrogen-bond donors (Lipinski definition) is 1. The largest absolute Gasteiger partial charge is 0.330 e. The van der Waals surface area contributed by atoms with Crippen LogP contribution in [0, 0.1) is 0 Å². The van der Waals surface area contributed by atoms with Gasteiger partial charge in [-0.3, -0.25) is 4.99 Å². The van der Waals surface area contributed by atoms with Gasteiger partial charge in [0.2, 0.25) is 0 Å². The van der Waals surface area contributed by atoms with Crippen LogP contribution in [0.15, 0.2) is 4.99 Å². The summed E-state index contributed by atoms with van der Waals surface area (Å²) >= 11 is 3.72. The molecule has 0 aromatic carbocycles. The predicted molar refractivity (Wildman–Crippen MR) is 55.5 cm³/mol.